The van der Waals surface area contributed by atoms with E-state index in [2.05, 4.69) is 41.1 Å². The van der Waals surface area contributed by atoms with Crippen molar-refractivity contribution in [3.05, 3.63) is 71.3 Å². The van der Waals surface area contributed by atoms with E-state index in [4.69, 9.17) is 0 Å². The summed E-state index contributed by atoms with van der Waals surface area (Å²) >= 11 is 0. The standard InChI is InChI=1S/C21H23F3N2.2ClH/c1-25-12-17-13-26(11-15-6-5-9-18(10-15)21(22,23)24)14-19(17)20(25)16-7-3-2-4-8-16;;/h2-10,17,19-20H,11-14H2,1H3;2*1H/t17-,19+,20-;;/m0../s1. The fourth-order valence-corrected chi connectivity index (χ4v) is 4.74. The van der Waals surface area contributed by atoms with Crippen molar-refractivity contribution >= 4 is 24.8 Å². The first-order chi connectivity index (χ1) is 12.4. The number of hydrogen-bond acceptors (Lipinski definition) is 2. The molecular weight excluding hydrogens is 408 g/mol. The van der Waals surface area contributed by atoms with Crippen molar-refractivity contribution in [2.24, 2.45) is 11.8 Å². The van der Waals surface area contributed by atoms with Gasteiger partial charge in [0, 0.05) is 32.2 Å². The zero-order chi connectivity index (χ0) is 18.3. The summed E-state index contributed by atoms with van der Waals surface area (Å²) in [4.78, 5) is 4.74. The van der Waals surface area contributed by atoms with Crippen molar-refractivity contribution < 1.29 is 13.2 Å². The molecule has 4 rings (SSSR count). The predicted molar refractivity (Wildman–Crippen MR) is 110 cm³/mol. The summed E-state index contributed by atoms with van der Waals surface area (Å²) in [6, 6.07) is 16.7. The number of halogens is 5. The highest BCUT2D eigenvalue weighted by Gasteiger charge is 2.45. The molecule has 2 aromatic carbocycles. The Bertz CT molecular complexity index is 770. The average molecular weight is 433 g/mol. The Morgan fingerprint density at radius 3 is 2.32 bits per heavy atom. The lowest BCUT2D eigenvalue weighted by Crippen LogP contribution is -2.29. The van der Waals surface area contributed by atoms with E-state index in [-0.39, 0.29) is 24.8 Å². The molecule has 154 valence electrons. The van der Waals surface area contributed by atoms with Gasteiger partial charge in [-0.2, -0.15) is 13.2 Å². The Hall–Kier alpha value is -1.27. The Morgan fingerprint density at radius 1 is 0.929 bits per heavy atom. The fraction of sp³-hybridized carbons (Fsp3) is 0.429. The van der Waals surface area contributed by atoms with Crippen molar-refractivity contribution in [1.29, 1.82) is 0 Å². The Kier molecular flexibility index (Phi) is 7.43. The van der Waals surface area contributed by atoms with Gasteiger partial charge in [-0.1, -0.05) is 48.5 Å². The molecule has 0 bridgehead atoms. The molecule has 2 saturated heterocycles. The summed E-state index contributed by atoms with van der Waals surface area (Å²) in [5.74, 6) is 1.12. The van der Waals surface area contributed by atoms with Crippen LogP contribution in [0.3, 0.4) is 0 Å². The molecule has 2 aromatic rings. The second kappa shape index (κ2) is 9.04. The quantitative estimate of drug-likeness (QED) is 0.650. The molecule has 2 heterocycles. The Morgan fingerprint density at radius 2 is 1.64 bits per heavy atom. The van der Waals surface area contributed by atoms with Crippen LogP contribution in [0, 0.1) is 11.8 Å². The maximum absolute atomic E-state index is 12.9. The third kappa shape index (κ3) is 4.65. The molecule has 0 aromatic heterocycles. The van der Waals surface area contributed by atoms with E-state index in [1.807, 2.05) is 6.07 Å². The molecule has 3 atom stereocenters. The van der Waals surface area contributed by atoms with Crippen LogP contribution in [0.15, 0.2) is 54.6 Å². The summed E-state index contributed by atoms with van der Waals surface area (Å²) < 4.78 is 38.8. The predicted octanol–water partition coefficient (Wildman–Crippen LogP) is 5.28. The van der Waals surface area contributed by atoms with Gasteiger partial charge in [0.15, 0.2) is 0 Å². The molecule has 0 spiro atoms. The Labute approximate surface area is 176 Å². The molecular formula is C21H25Cl2F3N2. The highest BCUT2D eigenvalue weighted by atomic mass is 35.5. The lowest BCUT2D eigenvalue weighted by molar-refractivity contribution is -0.137. The smallest absolute Gasteiger partial charge is 0.299 e. The zero-order valence-corrected chi connectivity index (χ0v) is 17.2. The molecule has 0 radical (unpaired) electrons. The van der Waals surface area contributed by atoms with Gasteiger partial charge in [0.05, 0.1) is 5.56 Å². The van der Waals surface area contributed by atoms with Gasteiger partial charge in [-0.25, -0.2) is 0 Å². The maximum Gasteiger partial charge on any atom is 0.416 e. The van der Waals surface area contributed by atoms with E-state index in [0.29, 0.717) is 24.4 Å². The number of fused-ring (bicyclic) bond motifs is 1. The van der Waals surface area contributed by atoms with Gasteiger partial charge in [0.25, 0.3) is 0 Å². The molecule has 0 N–H and O–H groups in total. The van der Waals surface area contributed by atoms with E-state index in [1.165, 1.54) is 17.7 Å². The third-order valence-electron chi connectivity index (χ3n) is 5.77. The van der Waals surface area contributed by atoms with Crippen LogP contribution in [0.5, 0.6) is 0 Å². The summed E-state index contributed by atoms with van der Waals surface area (Å²) in [5.41, 5.74) is 1.52. The number of benzene rings is 2. The molecule has 2 aliphatic heterocycles. The van der Waals surface area contributed by atoms with Gasteiger partial charge >= 0.3 is 6.18 Å². The topological polar surface area (TPSA) is 6.48 Å². The largest absolute Gasteiger partial charge is 0.416 e. The monoisotopic (exact) mass is 432 g/mol. The maximum atomic E-state index is 12.9. The summed E-state index contributed by atoms with van der Waals surface area (Å²) in [6.45, 7) is 3.52. The number of hydrogen-bond donors (Lipinski definition) is 0. The van der Waals surface area contributed by atoms with Crippen LogP contribution in [0.25, 0.3) is 0 Å². The molecule has 2 nitrogen and oxygen atoms in total. The van der Waals surface area contributed by atoms with Crippen LogP contribution >= 0.6 is 24.8 Å². The van der Waals surface area contributed by atoms with Crippen molar-refractivity contribution in [1.82, 2.24) is 9.80 Å². The third-order valence-corrected chi connectivity index (χ3v) is 5.77. The van der Waals surface area contributed by atoms with Crippen LogP contribution in [0.1, 0.15) is 22.7 Å². The molecule has 28 heavy (non-hydrogen) atoms. The average Bonchev–Trinajstić information content (AvgIpc) is 3.10. The van der Waals surface area contributed by atoms with E-state index >= 15 is 0 Å². The van der Waals surface area contributed by atoms with Gasteiger partial charge < -0.3 is 0 Å². The van der Waals surface area contributed by atoms with Gasteiger partial charge in [-0.15, -0.1) is 24.8 Å². The molecule has 2 fully saturated rings. The molecule has 7 heteroatoms. The highest BCUT2D eigenvalue weighted by Crippen LogP contribution is 2.44. The van der Waals surface area contributed by atoms with Crippen molar-refractivity contribution in [2.75, 3.05) is 26.7 Å². The summed E-state index contributed by atoms with van der Waals surface area (Å²) in [6.07, 6.45) is -4.28. The molecule has 0 saturated carbocycles. The molecule has 0 aliphatic carbocycles. The van der Waals surface area contributed by atoms with E-state index in [0.717, 1.165) is 31.3 Å². The van der Waals surface area contributed by atoms with Crippen molar-refractivity contribution in [3.8, 4) is 0 Å². The van der Waals surface area contributed by atoms with Crippen LogP contribution in [-0.4, -0.2) is 36.5 Å². The number of rotatable bonds is 3. The van der Waals surface area contributed by atoms with E-state index < -0.39 is 11.7 Å². The van der Waals surface area contributed by atoms with Gasteiger partial charge in [-0.3, -0.25) is 9.80 Å². The number of alkyl halides is 3. The van der Waals surface area contributed by atoms with Crippen molar-refractivity contribution in [3.63, 3.8) is 0 Å². The van der Waals surface area contributed by atoms with Crippen molar-refractivity contribution in [2.45, 2.75) is 18.8 Å². The lowest BCUT2D eigenvalue weighted by Gasteiger charge is -2.27. The Balaban J connectivity index is 0.00000140. The zero-order valence-electron chi connectivity index (χ0n) is 15.6. The SMILES string of the molecule is CN1C[C@H]2CN(Cc3cccc(C(F)(F)F)c3)C[C@H]2[C@@H]1c1ccccc1.Cl.Cl. The highest BCUT2D eigenvalue weighted by molar-refractivity contribution is 5.85. The van der Waals surface area contributed by atoms with Crippen LogP contribution < -0.4 is 0 Å². The fourth-order valence-electron chi connectivity index (χ4n) is 4.74. The van der Waals surface area contributed by atoms with Crippen LogP contribution in [-0.2, 0) is 12.7 Å². The first-order valence-corrected chi connectivity index (χ1v) is 9.05. The molecule has 0 unspecified atom stereocenters. The van der Waals surface area contributed by atoms with Crippen LogP contribution in [0.4, 0.5) is 13.2 Å². The number of nitrogens with zero attached hydrogens (tertiary/aromatic N) is 2. The second-order valence-electron chi connectivity index (χ2n) is 7.61. The first kappa shape index (κ1) is 23.0. The molecule has 0 amide bonds. The second-order valence-corrected chi connectivity index (χ2v) is 7.61. The normalized spacial score (nSPS) is 25.1. The van der Waals surface area contributed by atoms with Gasteiger partial charge in [0.2, 0.25) is 0 Å². The molecule has 2 aliphatic rings. The minimum absolute atomic E-state index is 0. The minimum atomic E-state index is -4.28. The minimum Gasteiger partial charge on any atom is -0.299 e. The van der Waals surface area contributed by atoms with E-state index in [9.17, 15) is 13.2 Å². The lowest BCUT2D eigenvalue weighted by atomic mass is 9.90. The van der Waals surface area contributed by atoms with Gasteiger partial charge in [0.1, 0.15) is 0 Å². The summed E-state index contributed by atoms with van der Waals surface area (Å²) in [5, 5.41) is 0. The first-order valence-electron chi connectivity index (χ1n) is 9.05. The van der Waals surface area contributed by atoms with Gasteiger partial charge in [-0.05, 0) is 36.1 Å². The number of likely N-dealkylation sites (tertiary alicyclic amines) is 2. The van der Waals surface area contributed by atoms with E-state index in [1.54, 1.807) is 6.07 Å². The summed E-state index contributed by atoms with van der Waals surface area (Å²) in [7, 11) is 2.17. The van der Waals surface area contributed by atoms with Crippen LogP contribution in [0.2, 0.25) is 0 Å².